The first kappa shape index (κ1) is 17.2. The maximum absolute atomic E-state index is 13.1. The van der Waals surface area contributed by atoms with Crippen molar-refractivity contribution in [2.75, 3.05) is 0 Å². The fraction of sp³-hybridized carbons (Fsp3) is 0.316. The molecule has 2 aliphatic rings. The highest BCUT2D eigenvalue weighted by atomic mass is 19.3. The Hall–Kier alpha value is -2.63. The Morgan fingerprint density at radius 2 is 1.96 bits per heavy atom. The minimum absolute atomic E-state index is 0. The average molecular weight is 349 g/mol. The number of fused-ring (bicyclic) bond motifs is 1. The number of allylic oxidation sites excluding steroid dienone is 4. The largest absolute Gasteiger partial charge is 0.586 e. The van der Waals surface area contributed by atoms with Gasteiger partial charge in [-0.3, -0.25) is 4.79 Å². The molecule has 1 heterocycles. The monoisotopic (exact) mass is 349 g/mol. The zero-order valence-electron chi connectivity index (χ0n) is 14.1. The average Bonchev–Trinajstić information content (AvgIpc) is 3.29. The molecular formula is C19H21F2NO3. The van der Waals surface area contributed by atoms with E-state index in [9.17, 15) is 13.6 Å². The molecule has 0 aromatic heterocycles. The van der Waals surface area contributed by atoms with Crippen LogP contribution in [0.5, 0.6) is 11.5 Å². The van der Waals surface area contributed by atoms with Crippen LogP contribution in [0.25, 0.3) is 0 Å². The fourth-order valence-corrected chi connectivity index (χ4v) is 2.65. The maximum Gasteiger partial charge on any atom is 0.586 e. The van der Waals surface area contributed by atoms with E-state index >= 15 is 0 Å². The van der Waals surface area contributed by atoms with E-state index in [4.69, 9.17) is 0 Å². The van der Waals surface area contributed by atoms with Crippen LogP contribution in [0.15, 0.2) is 54.3 Å². The molecule has 0 spiro atoms. The Morgan fingerprint density at radius 3 is 2.60 bits per heavy atom. The molecule has 1 fully saturated rings. The molecule has 134 valence electrons. The normalized spacial score (nSPS) is 19.8. The molecule has 1 aliphatic carbocycles. The minimum atomic E-state index is -3.66. The van der Waals surface area contributed by atoms with Crippen molar-refractivity contribution < 1.29 is 24.5 Å². The molecule has 4 nitrogen and oxygen atoms in total. The van der Waals surface area contributed by atoms with E-state index in [0.29, 0.717) is 24.1 Å². The quantitative estimate of drug-likeness (QED) is 0.800. The van der Waals surface area contributed by atoms with Crippen molar-refractivity contribution in [3.05, 3.63) is 59.8 Å². The molecule has 1 aromatic rings. The number of ether oxygens (including phenoxy) is 2. The topological polar surface area (TPSA) is 47.6 Å². The lowest BCUT2D eigenvalue weighted by Crippen LogP contribution is -2.33. The molecule has 1 aliphatic heterocycles. The zero-order chi connectivity index (χ0) is 18.2. The highest BCUT2D eigenvalue weighted by Crippen LogP contribution is 2.51. The molecular weight excluding hydrogens is 328 g/mol. The van der Waals surface area contributed by atoms with E-state index in [1.165, 1.54) is 12.1 Å². The van der Waals surface area contributed by atoms with Gasteiger partial charge in [-0.2, -0.15) is 0 Å². The van der Waals surface area contributed by atoms with Crippen LogP contribution in [-0.2, 0) is 10.2 Å². The second kappa shape index (κ2) is 6.02. The van der Waals surface area contributed by atoms with Crippen LogP contribution in [0, 0.1) is 0 Å². The van der Waals surface area contributed by atoms with Crippen LogP contribution in [0.2, 0.25) is 0 Å². The van der Waals surface area contributed by atoms with Gasteiger partial charge in [0.05, 0.1) is 5.41 Å². The van der Waals surface area contributed by atoms with Crippen molar-refractivity contribution in [3.8, 4) is 11.5 Å². The number of amides is 1. The van der Waals surface area contributed by atoms with E-state index in [2.05, 4.69) is 21.4 Å². The number of hydrogen-bond acceptors (Lipinski definition) is 3. The van der Waals surface area contributed by atoms with Crippen LogP contribution >= 0.6 is 0 Å². The van der Waals surface area contributed by atoms with E-state index in [1.807, 2.05) is 26.0 Å². The Kier molecular flexibility index (Phi) is 4.14. The number of rotatable bonds is 5. The van der Waals surface area contributed by atoms with E-state index in [0.717, 1.165) is 5.57 Å². The van der Waals surface area contributed by atoms with Gasteiger partial charge in [0.2, 0.25) is 5.91 Å². The van der Waals surface area contributed by atoms with E-state index in [1.54, 1.807) is 12.1 Å². The summed E-state index contributed by atoms with van der Waals surface area (Å²) < 4.78 is 35.1. The predicted molar refractivity (Wildman–Crippen MR) is 91.5 cm³/mol. The van der Waals surface area contributed by atoms with Gasteiger partial charge < -0.3 is 14.8 Å². The third kappa shape index (κ3) is 3.43. The number of halogens is 2. The summed E-state index contributed by atoms with van der Waals surface area (Å²) in [5.41, 5.74) is 1.42. The summed E-state index contributed by atoms with van der Waals surface area (Å²) in [5.74, 6) is -0.283. The van der Waals surface area contributed by atoms with Crippen LogP contribution < -0.4 is 14.8 Å². The van der Waals surface area contributed by atoms with Gasteiger partial charge in [0.15, 0.2) is 11.5 Å². The second-order valence-electron chi connectivity index (χ2n) is 6.26. The standard InChI is InChI=1S/C19H19F2NO3.H2/c1-4-12(2)5-6-13(3)22-17(23)18(9-10-18)14-7-8-15-16(11-14)25-19(20,21)24-15;/h4-8,11H,3,9-10H2,1-2H3,(H,22,23);1H/b6-5-,12-4-;. The van der Waals surface area contributed by atoms with Gasteiger partial charge in [-0.05, 0) is 50.5 Å². The molecule has 1 N–H and O–H groups in total. The Labute approximate surface area is 146 Å². The molecule has 1 amide bonds. The molecule has 6 heteroatoms. The molecule has 0 radical (unpaired) electrons. The third-order valence-corrected chi connectivity index (χ3v) is 4.42. The second-order valence-corrected chi connectivity index (χ2v) is 6.26. The van der Waals surface area contributed by atoms with E-state index < -0.39 is 11.7 Å². The first-order valence-electron chi connectivity index (χ1n) is 7.97. The van der Waals surface area contributed by atoms with Crippen LogP contribution in [-0.4, -0.2) is 12.2 Å². The number of nitrogens with one attached hydrogen (secondary N) is 1. The number of carbonyl (C=O) groups excluding carboxylic acids is 1. The molecule has 0 unspecified atom stereocenters. The van der Waals surface area contributed by atoms with Crippen molar-refractivity contribution in [1.82, 2.24) is 5.32 Å². The smallest absolute Gasteiger partial charge is 0.395 e. The first-order valence-corrected chi connectivity index (χ1v) is 7.97. The van der Waals surface area contributed by atoms with Gasteiger partial charge in [-0.25, -0.2) is 0 Å². The maximum atomic E-state index is 13.1. The lowest BCUT2D eigenvalue weighted by molar-refractivity contribution is -0.286. The molecule has 0 saturated heterocycles. The van der Waals surface area contributed by atoms with E-state index in [-0.39, 0.29) is 18.8 Å². The summed E-state index contributed by atoms with van der Waals surface area (Å²) in [6.45, 7) is 7.68. The molecule has 0 bridgehead atoms. The fourth-order valence-electron chi connectivity index (χ4n) is 2.65. The highest BCUT2D eigenvalue weighted by Gasteiger charge is 2.52. The minimum Gasteiger partial charge on any atom is -0.395 e. The highest BCUT2D eigenvalue weighted by molar-refractivity contribution is 5.92. The molecule has 1 aromatic carbocycles. The van der Waals surface area contributed by atoms with Gasteiger partial charge in [0.1, 0.15) is 0 Å². The Balaban J connectivity index is 0.00000243. The number of alkyl halides is 2. The summed E-state index contributed by atoms with van der Waals surface area (Å²) in [4.78, 5) is 12.6. The van der Waals surface area contributed by atoms with Gasteiger partial charge in [-0.15, -0.1) is 8.78 Å². The van der Waals surface area contributed by atoms with Crippen molar-refractivity contribution >= 4 is 5.91 Å². The number of benzene rings is 1. The van der Waals surface area contributed by atoms with Crippen LogP contribution in [0.4, 0.5) is 8.78 Å². The van der Waals surface area contributed by atoms with Crippen LogP contribution in [0.1, 0.15) is 33.7 Å². The first-order chi connectivity index (χ1) is 11.8. The van der Waals surface area contributed by atoms with Gasteiger partial charge in [0.25, 0.3) is 0 Å². The summed E-state index contributed by atoms with van der Waals surface area (Å²) in [6, 6.07) is 4.48. The number of hydrogen-bond donors (Lipinski definition) is 1. The van der Waals surface area contributed by atoms with Gasteiger partial charge >= 0.3 is 6.29 Å². The lowest BCUT2D eigenvalue weighted by Gasteiger charge is -2.16. The van der Waals surface area contributed by atoms with Crippen molar-refractivity contribution in [3.63, 3.8) is 0 Å². The molecule has 0 atom stereocenters. The van der Waals surface area contributed by atoms with Crippen molar-refractivity contribution in [1.29, 1.82) is 0 Å². The third-order valence-electron chi connectivity index (χ3n) is 4.42. The zero-order valence-corrected chi connectivity index (χ0v) is 14.1. The van der Waals surface area contributed by atoms with Gasteiger partial charge in [-0.1, -0.05) is 30.4 Å². The van der Waals surface area contributed by atoms with Gasteiger partial charge in [0, 0.05) is 7.12 Å². The molecule has 3 rings (SSSR count). The van der Waals surface area contributed by atoms with Crippen molar-refractivity contribution in [2.24, 2.45) is 0 Å². The van der Waals surface area contributed by atoms with Crippen molar-refractivity contribution in [2.45, 2.75) is 38.4 Å². The SMILES string of the molecule is C=C(/C=C\C(C)=C/C)NC(=O)C1(c2ccc3c(c2)OC(F)(F)O3)CC1.[HH]. The molecule has 1 saturated carbocycles. The predicted octanol–water partition coefficient (Wildman–Crippen LogP) is 4.44. The summed E-state index contributed by atoms with van der Waals surface area (Å²) in [6.07, 6.45) is 3.13. The molecule has 25 heavy (non-hydrogen) atoms. The summed E-state index contributed by atoms with van der Waals surface area (Å²) in [7, 11) is 0. The Bertz CT molecular complexity index is 798. The lowest BCUT2D eigenvalue weighted by atomic mass is 9.94. The summed E-state index contributed by atoms with van der Waals surface area (Å²) >= 11 is 0. The number of carbonyl (C=O) groups is 1. The Morgan fingerprint density at radius 1 is 1.28 bits per heavy atom. The van der Waals surface area contributed by atoms with Crippen LogP contribution in [0.3, 0.4) is 0 Å². The summed E-state index contributed by atoms with van der Waals surface area (Å²) in [5, 5.41) is 2.78.